The van der Waals surface area contributed by atoms with E-state index in [2.05, 4.69) is 24.7 Å². The van der Waals surface area contributed by atoms with Gasteiger partial charge in [0.2, 0.25) is 0 Å². The van der Waals surface area contributed by atoms with Gasteiger partial charge in [-0.3, -0.25) is 4.79 Å². The SMILES string of the molecule is O=C(c1ccc(OC(F)(F)F)cc1)N1CCN(c2c3c(nc4ncnn24)CCCC3)CC1. The van der Waals surface area contributed by atoms with Gasteiger partial charge in [-0.15, -0.1) is 13.2 Å². The summed E-state index contributed by atoms with van der Waals surface area (Å²) in [4.78, 5) is 25.7. The van der Waals surface area contributed by atoms with Gasteiger partial charge >= 0.3 is 6.36 Å². The number of halogens is 3. The lowest BCUT2D eigenvalue weighted by Crippen LogP contribution is -2.49. The number of benzene rings is 1. The highest BCUT2D eigenvalue weighted by Crippen LogP contribution is 2.30. The molecule has 1 aliphatic carbocycles. The summed E-state index contributed by atoms with van der Waals surface area (Å²) in [6.45, 7) is 2.22. The molecule has 0 atom stereocenters. The third-order valence-corrected chi connectivity index (χ3v) is 5.88. The van der Waals surface area contributed by atoms with Crippen LogP contribution in [0.25, 0.3) is 5.78 Å². The number of rotatable bonds is 3. The van der Waals surface area contributed by atoms with Crippen LogP contribution in [0.2, 0.25) is 0 Å². The highest BCUT2D eigenvalue weighted by atomic mass is 19.4. The van der Waals surface area contributed by atoms with Gasteiger partial charge in [0, 0.05) is 37.3 Å². The number of piperazine rings is 1. The van der Waals surface area contributed by atoms with E-state index < -0.39 is 6.36 Å². The topological polar surface area (TPSA) is 75.9 Å². The normalized spacial score (nSPS) is 16.8. The number of ether oxygens (including phenoxy) is 1. The first kappa shape index (κ1) is 20.5. The van der Waals surface area contributed by atoms with Gasteiger partial charge in [-0.25, -0.2) is 4.98 Å². The molecule has 1 saturated heterocycles. The number of hydrogen-bond acceptors (Lipinski definition) is 6. The first-order valence-corrected chi connectivity index (χ1v) is 10.5. The van der Waals surface area contributed by atoms with Crippen LogP contribution in [0.4, 0.5) is 19.0 Å². The molecule has 2 aromatic heterocycles. The number of alkyl halides is 3. The third-order valence-electron chi connectivity index (χ3n) is 5.88. The van der Waals surface area contributed by atoms with Gasteiger partial charge in [0.15, 0.2) is 0 Å². The fraction of sp³-hybridized carbons (Fsp3) is 0.429. The standard InChI is InChI=1S/C21H21F3N6O2/c22-21(23,24)32-15-7-5-14(6-8-15)19(31)29-11-9-28(10-12-29)18-16-3-1-2-4-17(16)27-20-25-13-26-30(18)20/h5-8,13H,1-4,9-12H2. The number of carbonyl (C=O) groups excluding carboxylic acids is 1. The predicted octanol–water partition coefficient (Wildman–Crippen LogP) is 2.86. The Kier molecular flexibility index (Phi) is 5.10. The molecule has 0 radical (unpaired) electrons. The van der Waals surface area contributed by atoms with Crippen molar-refractivity contribution in [3.05, 3.63) is 47.4 Å². The minimum absolute atomic E-state index is 0.217. The van der Waals surface area contributed by atoms with Crippen LogP contribution in [-0.4, -0.2) is 62.9 Å². The Hall–Kier alpha value is -3.37. The summed E-state index contributed by atoms with van der Waals surface area (Å²) in [5.41, 5.74) is 2.61. The molecule has 11 heteroatoms. The van der Waals surface area contributed by atoms with E-state index in [-0.39, 0.29) is 11.7 Å². The third kappa shape index (κ3) is 3.94. The largest absolute Gasteiger partial charge is 0.573 e. The van der Waals surface area contributed by atoms with Crippen LogP contribution < -0.4 is 9.64 Å². The van der Waals surface area contributed by atoms with E-state index in [1.54, 1.807) is 9.42 Å². The number of aromatic nitrogens is 4. The van der Waals surface area contributed by atoms with Crippen LogP contribution >= 0.6 is 0 Å². The van der Waals surface area contributed by atoms with Crippen molar-refractivity contribution in [2.75, 3.05) is 31.1 Å². The summed E-state index contributed by atoms with van der Waals surface area (Å²) in [6, 6.07) is 5.02. The molecule has 3 aromatic rings. The van der Waals surface area contributed by atoms with Crippen LogP contribution in [0, 0.1) is 0 Å². The summed E-state index contributed by atoms with van der Waals surface area (Å²) in [5, 5.41) is 4.37. The van der Waals surface area contributed by atoms with Crippen molar-refractivity contribution < 1.29 is 22.7 Å². The van der Waals surface area contributed by atoms with Crippen molar-refractivity contribution in [3.8, 4) is 5.75 Å². The summed E-state index contributed by atoms with van der Waals surface area (Å²) in [5.74, 6) is 1.02. The Balaban J connectivity index is 1.31. The van der Waals surface area contributed by atoms with Crippen molar-refractivity contribution in [1.82, 2.24) is 24.5 Å². The lowest BCUT2D eigenvalue weighted by molar-refractivity contribution is -0.274. The maximum absolute atomic E-state index is 12.8. The number of amides is 1. The monoisotopic (exact) mass is 446 g/mol. The van der Waals surface area contributed by atoms with Crippen LogP contribution in [0.5, 0.6) is 5.75 Å². The van der Waals surface area contributed by atoms with Crippen molar-refractivity contribution in [3.63, 3.8) is 0 Å². The average molecular weight is 446 g/mol. The van der Waals surface area contributed by atoms with E-state index in [4.69, 9.17) is 0 Å². The summed E-state index contributed by atoms with van der Waals surface area (Å²) in [6.07, 6.45) is 0.830. The summed E-state index contributed by atoms with van der Waals surface area (Å²) in [7, 11) is 0. The molecule has 0 bridgehead atoms. The maximum Gasteiger partial charge on any atom is 0.573 e. The molecule has 1 aliphatic heterocycles. The van der Waals surface area contributed by atoms with Crippen LogP contribution in [0.1, 0.15) is 34.5 Å². The van der Waals surface area contributed by atoms with Crippen LogP contribution in [0.15, 0.2) is 30.6 Å². The molecule has 8 nitrogen and oxygen atoms in total. The van der Waals surface area contributed by atoms with Crippen molar-refractivity contribution in [2.24, 2.45) is 0 Å². The van der Waals surface area contributed by atoms with E-state index in [1.165, 1.54) is 24.0 Å². The van der Waals surface area contributed by atoms with Gasteiger partial charge in [-0.1, -0.05) is 0 Å². The zero-order chi connectivity index (χ0) is 22.3. The number of fused-ring (bicyclic) bond motifs is 2. The molecular weight excluding hydrogens is 425 g/mol. The maximum atomic E-state index is 12.8. The Bertz CT molecular complexity index is 1140. The van der Waals surface area contributed by atoms with E-state index in [0.29, 0.717) is 37.5 Å². The van der Waals surface area contributed by atoms with Crippen LogP contribution in [-0.2, 0) is 12.8 Å². The molecule has 1 fully saturated rings. The van der Waals surface area contributed by atoms with Crippen molar-refractivity contribution >= 4 is 17.5 Å². The molecule has 5 rings (SSSR count). The number of carbonyl (C=O) groups is 1. The number of hydrogen-bond donors (Lipinski definition) is 0. The molecule has 1 aromatic carbocycles. The predicted molar refractivity (Wildman–Crippen MR) is 109 cm³/mol. The second-order valence-corrected chi connectivity index (χ2v) is 7.89. The highest BCUT2D eigenvalue weighted by molar-refractivity contribution is 5.94. The Morgan fingerprint density at radius 3 is 2.44 bits per heavy atom. The van der Waals surface area contributed by atoms with Gasteiger partial charge in [0.25, 0.3) is 11.7 Å². The second-order valence-electron chi connectivity index (χ2n) is 7.89. The minimum Gasteiger partial charge on any atom is -0.406 e. The lowest BCUT2D eigenvalue weighted by Gasteiger charge is -2.37. The first-order valence-electron chi connectivity index (χ1n) is 10.5. The molecule has 0 spiro atoms. The molecule has 0 unspecified atom stereocenters. The summed E-state index contributed by atoms with van der Waals surface area (Å²) >= 11 is 0. The van der Waals surface area contributed by atoms with Gasteiger partial charge in [-0.2, -0.15) is 14.6 Å². The number of anilines is 1. The van der Waals surface area contributed by atoms with Gasteiger partial charge < -0.3 is 14.5 Å². The summed E-state index contributed by atoms with van der Waals surface area (Å²) < 4.78 is 42.6. The molecule has 2 aliphatic rings. The van der Waals surface area contributed by atoms with Gasteiger partial charge in [0.1, 0.15) is 17.9 Å². The molecule has 1 amide bonds. The van der Waals surface area contributed by atoms with E-state index >= 15 is 0 Å². The Labute approximate surface area is 181 Å². The fourth-order valence-electron chi connectivity index (χ4n) is 4.39. The molecule has 0 N–H and O–H groups in total. The Morgan fingerprint density at radius 2 is 1.72 bits per heavy atom. The molecule has 0 saturated carbocycles. The minimum atomic E-state index is -4.76. The van der Waals surface area contributed by atoms with Crippen molar-refractivity contribution in [2.45, 2.75) is 32.0 Å². The fourth-order valence-corrected chi connectivity index (χ4v) is 4.39. The van der Waals surface area contributed by atoms with Gasteiger partial charge in [-0.05, 0) is 49.9 Å². The number of aryl methyl sites for hydroxylation is 1. The molecule has 32 heavy (non-hydrogen) atoms. The molecule has 168 valence electrons. The van der Waals surface area contributed by atoms with Crippen LogP contribution in [0.3, 0.4) is 0 Å². The second kappa shape index (κ2) is 7.95. The highest BCUT2D eigenvalue weighted by Gasteiger charge is 2.31. The lowest BCUT2D eigenvalue weighted by atomic mass is 9.96. The Morgan fingerprint density at radius 1 is 1.00 bits per heavy atom. The van der Waals surface area contributed by atoms with E-state index in [1.807, 2.05) is 0 Å². The molecule has 3 heterocycles. The first-order chi connectivity index (χ1) is 15.4. The van der Waals surface area contributed by atoms with Gasteiger partial charge in [0.05, 0.1) is 5.69 Å². The average Bonchev–Trinajstić information content (AvgIpc) is 3.24. The zero-order valence-electron chi connectivity index (χ0n) is 17.2. The van der Waals surface area contributed by atoms with E-state index in [9.17, 15) is 18.0 Å². The smallest absolute Gasteiger partial charge is 0.406 e. The zero-order valence-corrected chi connectivity index (χ0v) is 17.2. The number of nitrogens with zero attached hydrogens (tertiary/aromatic N) is 6. The quantitative estimate of drug-likeness (QED) is 0.616. The molecular formula is C21H21F3N6O2. The van der Waals surface area contributed by atoms with Crippen molar-refractivity contribution in [1.29, 1.82) is 0 Å². The van der Waals surface area contributed by atoms with E-state index in [0.717, 1.165) is 49.3 Å².